The molecule has 2 heterocycles. The number of aromatic nitrogens is 5. The lowest BCUT2D eigenvalue weighted by molar-refractivity contribution is -0.140. The van der Waals surface area contributed by atoms with Crippen molar-refractivity contribution in [1.82, 2.24) is 41.1 Å². The van der Waals surface area contributed by atoms with E-state index in [1.807, 2.05) is 30.3 Å². The molecule has 2 aromatic heterocycles. The van der Waals surface area contributed by atoms with Crippen molar-refractivity contribution in [1.29, 1.82) is 0 Å². The summed E-state index contributed by atoms with van der Waals surface area (Å²) in [6.07, 6.45) is 1.53. The zero-order valence-electron chi connectivity index (χ0n) is 23.6. The molecule has 4 N–H and O–H groups in total. The number of amides is 3. The van der Waals surface area contributed by atoms with E-state index in [2.05, 4.69) is 36.3 Å². The number of carbonyl (C=O) groups excluding carboxylic acids is 4. The Kier molecular flexibility index (Phi) is 11.3. The van der Waals surface area contributed by atoms with Crippen molar-refractivity contribution >= 4 is 29.5 Å². The van der Waals surface area contributed by atoms with Gasteiger partial charge >= 0.3 is 5.97 Å². The number of carboxylic acids is 1. The first kappa shape index (κ1) is 31.5. The zero-order valence-corrected chi connectivity index (χ0v) is 23.6. The molecule has 3 aromatic rings. The number of aliphatic carboxylic acids is 1. The summed E-state index contributed by atoms with van der Waals surface area (Å²) < 4.78 is 0. The average molecular weight is 579 g/mol. The number of carbonyl (C=O) groups is 5. The molecule has 3 rings (SSSR count). The third-order valence-electron chi connectivity index (χ3n) is 6.23. The fourth-order valence-corrected chi connectivity index (χ4v) is 3.93. The van der Waals surface area contributed by atoms with E-state index in [1.54, 1.807) is 38.2 Å². The average Bonchev–Trinajstić information content (AvgIpc) is 3.43. The third kappa shape index (κ3) is 9.57. The second-order valence-corrected chi connectivity index (χ2v) is 9.99. The van der Waals surface area contributed by atoms with E-state index >= 15 is 0 Å². The lowest BCUT2D eigenvalue weighted by Gasteiger charge is -2.25. The third-order valence-corrected chi connectivity index (χ3v) is 6.23. The smallest absolute Gasteiger partial charge is 0.305 e. The van der Waals surface area contributed by atoms with Gasteiger partial charge in [-0.3, -0.25) is 29.0 Å². The molecule has 0 aliphatic heterocycles. The van der Waals surface area contributed by atoms with E-state index in [-0.39, 0.29) is 24.1 Å². The van der Waals surface area contributed by atoms with Gasteiger partial charge in [0.05, 0.1) is 6.42 Å². The molecule has 0 saturated carbocycles. The highest BCUT2D eigenvalue weighted by molar-refractivity contribution is 5.95. The van der Waals surface area contributed by atoms with Gasteiger partial charge in [0.2, 0.25) is 23.5 Å². The summed E-state index contributed by atoms with van der Waals surface area (Å²) in [5.41, 5.74) is 1.42. The van der Waals surface area contributed by atoms with Crippen LogP contribution in [0.15, 0.2) is 54.7 Å². The largest absolute Gasteiger partial charge is 0.481 e. The predicted octanol–water partition coefficient (Wildman–Crippen LogP) is 0.542. The first-order valence-corrected chi connectivity index (χ1v) is 13.4. The van der Waals surface area contributed by atoms with Gasteiger partial charge in [-0.05, 0) is 42.2 Å². The van der Waals surface area contributed by atoms with Crippen molar-refractivity contribution in [3.8, 4) is 11.5 Å². The number of nitrogens with one attached hydrogen (secondary N) is 3. The van der Waals surface area contributed by atoms with Gasteiger partial charge in [0.25, 0.3) is 0 Å². The quantitative estimate of drug-likeness (QED) is 0.197. The number of benzene rings is 1. The van der Waals surface area contributed by atoms with Crippen molar-refractivity contribution in [2.24, 2.45) is 5.92 Å². The molecule has 0 fully saturated rings. The van der Waals surface area contributed by atoms with Crippen LogP contribution in [-0.2, 0) is 36.9 Å². The summed E-state index contributed by atoms with van der Waals surface area (Å²) in [6, 6.07) is 11.1. The molecule has 3 atom stereocenters. The summed E-state index contributed by atoms with van der Waals surface area (Å²) in [6.45, 7) is 4.45. The van der Waals surface area contributed by atoms with E-state index in [0.29, 0.717) is 12.1 Å². The van der Waals surface area contributed by atoms with Crippen LogP contribution in [0.2, 0.25) is 0 Å². The summed E-state index contributed by atoms with van der Waals surface area (Å²) in [5, 5.41) is 28.7. The van der Waals surface area contributed by atoms with Gasteiger partial charge in [0.1, 0.15) is 30.4 Å². The molecule has 1 aromatic carbocycles. The predicted molar refractivity (Wildman–Crippen MR) is 149 cm³/mol. The first-order chi connectivity index (χ1) is 20.0. The highest BCUT2D eigenvalue weighted by Gasteiger charge is 2.30. The SMILES string of the molecule is CC(C)[C@H](NC(=O)CCc1ccccc1)C(=O)N[C@@H](C)C(=O)NC(CC(=O)O)C(=O)Cn1nnc(-c2ccccn2)n1. The second-order valence-electron chi connectivity index (χ2n) is 9.99. The topological polar surface area (TPSA) is 198 Å². The normalized spacial score (nSPS) is 13.0. The maximum absolute atomic E-state index is 13.0. The van der Waals surface area contributed by atoms with Gasteiger partial charge in [-0.15, -0.1) is 10.2 Å². The molecule has 14 heteroatoms. The molecule has 3 amide bonds. The number of nitrogens with zero attached hydrogens (tertiary/aromatic N) is 5. The van der Waals surface area contributed by atoms with Gasteiger partial charge in [-0.25, -0.2) is 0 Å². The number of carboxylic acid groups (broad SMARTS) is 1. The summed E-state index contributed by atoms with van der Waals surface area (Å²) >= 11 is 0. The van der Waals surface area contributed by atoms with Gasteiger partial charge in [0.15, 0.2) is 5.78 Å². The van der Waals surface area contributed by atoms with Gasteiger partial charge in [-0.1, -0.05) is 50.2 Å². The minimum absolute atomic E-state index is 0.172. The summed E-state index contributed by atoms with van der Waals surface area (Å²) in [7, 11) is 0. The molecule has 42 heavy (non-hydrogen) atoms. The Morgan fingerprint density at radius 2 is 1.62 bits per heavy atom. The first-order valence-electron chi connectivity index (χ1n) is 13.4. The fourth-order valence-electron chi connectivity index (χ4n) is 3.93. The molecular formula is C28H34N8O6. The molecule has 0 saturated heterocycles. The highest BCUT2D eigenvalue weighted by Crippen LogP contribution is 2.09. The van der Waals surface area contributed by atoms with Gasteiger partial charge < -0.3 is 21.1 Å². The number of hydrogen-bond acceptors (Lipinski definition) is 9. The molecule has 0 aliphatic rings. The van der Waals surface area contributed by atoms with Crippen LogP contribution in [0.4, 0.5) is 0 Å². The van der Waals surface area contributed by atoms with Crippen molar-refractivity contribution in [3.63, 3.8) is 0 Å². The molecule has 1 unspecified atom stereocenters. The number of rotatable bonds is 15. The van der Waals surface area contributed by atoms with Crippen LogP contribution in [0.25, 0.3) is 11.5 Å². The molecule has 14 nitrogen and oxygen atoms in total. The lowest BCUT2D eigenvalue weighted by Crippen LogP contribution is -2.56. The Bertz CT molecular complexity index is 1380. The summed E-state index contributed by atoms with van der Waals surface area (Å²) in [4.78, 5) is 67.8. The number of ketones is 1. The fraction of sp³-hybridized carbons (Fsp3) is 0.393. The maximum Gasteiger partial charge on any atom is 0.305 e. The zero-order chi connectivity index (χ0) is 30.6. The number of tetrazole rings is 1. The number of aryl methyl sites for hydroxylation is 1. The monoisotopic (exact) mass is 578 g/mol. The van der Waals surface area contributed by atoms with Crippen LogP contribution in [-0.4, -0.2) is 77.9 Å². The maximum atomic E-state index is 13.0. The molecule has 0 bridgehead atoms. The minimum Gasteiger partial charge on any atom is -0.481 e. The Morgan fingerprint density at radius 1 is 0.905 bits per heavy atom. The molecule has 0 radical (unpaired) electrons. The second kappa shape index (κ2) is 15.1. The van der Waals surface area contributed by atoms with Crippen LogP contribution in [0.5, 0.6) is 0 Å². The Labute approximate surface area is 242 Å². The Balaban J connectivity index is 1.57. The van der Waals surface area contributed by atoms with E-state index in [4.69, 9.17) is 0 Å². The van der Waals surface area contributed by atoms with Crippen LogP contribution in [0.3, 0.4) is 0 Å². The van der Waals surface area contributed by atoms with Crippen molar-refractivity contribution in [2.75, 3.05) is 0 Å². The van der Waals surface area contributed by atoms with Crippen LogP contribution >= 0.6 is 0 Å². The molecule has 0 spiro atoms. The molecule has 222 valence electrons. The lowest BCUT2D eigenvalue weighted by atomic mass is 10.0. The molecular weight excluding hydrogens is 544 g/mol. The van der Waals surface area contributed by atoms with Crippen molar-refractivity contribution in [2.45, 2.75) is 64.7 Å². The van der Waals surface area contributed by atoms with Crippen molar-refractivity contribution < 1.29 is 29.1 Å². The van der Waals surface area contributed by atoms with E-state index in [1.165, 1.54) is 6.92 Å². The number of hydrogen-bond donors (Lipinski definition) is 4. The Morgan fingerprint density at radius 3 is 2.26 bits per heavy atom. The number of pyridine rings is 1. The van der Waals surface area contributed by atoms with Gasteiger partial charge in [-0.2, -0.15) is 4.80 Å². The Hall–Kier alpha value is -5.01. The minimum atomic E-state index is -1.42. The standard InChI is InChI=1S/C28H34N8O6/c1-17(2)25(32-23(38)13-12-19-9-5-4-6-10-19)28(42)30-18(3)27(41)31-21(15-24(39)40)22(37)16-36-34-26(33-35-36)20-11-7-8-14-29-20/h4-11,14,17-18,21,25H,12-13,15-16H2,1-3H3,(H,30,42)(H,31,41)(H,32,38)(H,39,40)/t18-,21?,25-/m0/s1. The van der Waals surface area contributed by atoms with E-state index < -0.39 is 54.7 Å². The van der Waals surface area contributed by atoms with Crippen molar-refractivity contribution in [3.05, 3.63) is 60.3 Å². The van der Waals surface area contributed by atoms with Crippen LogP contribution < -0.4 is 16.0 Å². The van der Waals surface area contributed by atoms with Crippen LogP contribution in [0.1, 0.15) is 39.2 Å². The van der Waals surface area contributed by atoms with Crippen LogP contribution in [0, 0.1) is 5.92 Å². The van der Waals surface area contributed by atoms with E-state index in [9.17, 15) is 29.1 Å². The molecule has 0 aliphatic carbocycles. The highest BCUT2D eigenvalue weighted by atomic mass is 16.4. The number of Topliss-reactive ketones (excluding diaryl/α,β-unsaturated/α-hetero) is 1. The summed E-state index contributed by atoms with van der Waals surface area (Å²) in [5.74, 6) is -3.79. The van der Waals surface area contributed by atoms with E-state index in [0.717, 1.165) is 10.4 Å². The van der Waals surface area contributed by atoms with Gasteiger partial charge in [0, 0.05) is 12.6 Å².